The lowest BCUT2D eigenvalue weighted by Gasteiger charge is -2.11. The molecule has 3 aromatic rings. The first kappa shape index (κ1) is 23.7. The van der Waals surface area contributed by atoms with Crippen LogP contribution >= 0.6 is 0 Å². The van der Waals surface area contributed by atoms with Crippen molar-refractivity contribution in [2.75, 3.05) is 0 Å². The first-order chi connectivity index (χ1) is 16.2. The molecule has 0 saturated heterocycles. The van der Waals surface area contributed by atoms with Crippen molar-refractivity contribution in [3.05, 3.63) is 110 Å². The molecule has 0 aliphatic carbocycles. The lowest BCUT2D eigenvalue weighted by Crippen LogP contribution is -2.18. The van der Waals surface area contributed by atoms with E-state index in [4.69, 9.17) is 13.1 Å². The van der Waals surface area contributed by atoms with Crippen molar-refractivity contribution in [1.82, 2.24) is 0 Å². The second-order valence-corrected chi connectivity index (χ2v) is 6.87. The molecule has 0 aliphatic rings. The summed E-state index contributed by atoms with van der Waals surface area (Å²) in [5, 5.41) is 18.7. The predicted octanol–water partition coefficient (Wildman–Crippen LogP) is 5.18. The molecule has 0 aromatic heterocycles. The summed E-state index contributed by atoms with van der Waals surface area (Å²) in [5.74, 6) is -8.49. The van der Waals surface area contributed by atoms with Crippen LogP contribution in [0.1, 0.15) is 11.1 Å². The molecule has 3 aromatic carbocycles. The molecule has 0 spiro atoms. The number of rotatable bonds is 2. The molecule has 0 bridgehead atoms. The van der Waals surface area contributed by atoms with Gasteiger partial charge in [0, 0.05) is 5.22 Å². The summed E-state index contributed by atoms with van der Waals surface area (Å²) in [6.45, 7) is 15.4. The largest absolute Gasteiger partial charge is 0.268 e. The van der Waals surface area contributed by atoms with E-state index in [1.807, 2.05) is 0 Å². The fraction of sp³-hybridized carbons (Fsp3) is 0.0400. The number of nitrogens with zero attached hydrogens (tertiary/aromatic N) is 4. The van der Waals surface area contributed by atoms with Gasteiger partial charge in [-0.1, -0.05) is 30.3 Å². The molecule has 0 unspecified atom stereocenters. The molecular weight excluding hydrogens is 451 g/mol. The van der Waals surface area contributed by atoms with E-state index in [1.165, 1.54) is 37.3 Å². The van der Waals surface area contributed by atoms with Crippen LogP contribution in [0.4, 0.5) is 27.6 Å². The molecule has 0 atom stereocenters. The van der Waals surface area contributed by atoms with Gasteiger partial charge in [-0.15, -0.1) is 0 Å². The van der Waals surface area contributed by atoms with Gasteiger partial charge in [-0.25, -0.2) is 36.9 Å². The van der Waals surface area contributed by atoms with Crippen molar-refractivity contribution in [1.29, 1.82) is 10.5 Å². The van der Waals surface area contributed by atoms with Gasteiger partial charge in [-0.3, -0.25) is 0 Å². The van der Waals surface area contributed by atoms with Gasteiger partial charge >= 0.3 is 0 Å². The standard InChI is InChI=1S/C25H9F5N4/c1-12-4-5-13(9-18(12)26)16-8-14(19(11-32)33-2)6-7-15(16)17(10-31)20-21(27)23(29)25(34-3)24(30)22(20)28/h4-9H,1H3/b17-15+,19-14+. The number of benzene rings is 3. The van der Waals surface area contributed by atoms with Gasteiger partial charge in [-0.05, 0) is 34.9 Å². The number of halogens is 5. The van der Waals surface area contributed by atoms with Crippen LogP contribution in [-0.2, 0) is 0 Å². The minimum atomic E-state index is -1.97. The van der Waals surface area contributed by atoms with Gasteiger partial charge in [0.05, 0.1) is 30.4 Å². The fourth-order valence-corrected chi connectivity index (χ4v) is 3.25. The van der Waals surface area contributed by atoms with Crippen molar-refractivity contribution in [2.24, 2.45) is 0 Å². The maximum atomic E-state index is 14.7. The molecule has 4 nitrogen and oxygen atoms in total. The van der Waals surface area contributed by atoms with E-state index in [-0.39, 0.29) is 32.8 Å². The Labute approximate surface area is 190 Å². The zero-order valence-corrected chi connectivity index (χ0v) is 17.1. The minimum absolute atomic E-state index is 0.0294. The minimum Gasteiger partial charge on any atom is -0.232 e. The SMILES string of the molecule is [C-]#[N+]/C(C#N)=c1\cc/c(=C(/C#N)c2c(F)c(F)c([N+]#[C-])c(F)c2F)c(-c2ccc(C)c(F)c2)c1. The third-order valence-electron chi connectivity index (χ3n) is 4.98. The zero-order valence-electron chi connectivity index (χ0n) is 17.1. The average molecular weight is 460 g/mol. The zero-order chi connectivity index (χ0) is 25.2. The summed E-state index contributed by atoms with van der Waals surface area (Å²) in [7, 11) is 0. The number of nitriles is 2. The van der Waals surface area contributed by atoms with Gasteiger partial charge in [0.1, 0.15) is 11.9 Å². The van der Waals surface area contributed by atoms with Crippen LogP contribution in [0.15, 0.2) is 36.4 Å². The molecule has 0 radical (unpaired) electrons. The molecule has 34 heavy (non-hydrogen) atoms. The first-order valence-corrected chi connectivity index (χ1v) is 9.26. The van der Waals surface area contributed by atoms with E-state index in [2.05, 4.69) is 9.69 Å². The Morgan fingerprint density at radius 3 is 2.00 bits per heavy atom. The second kappa shape index (κ2) is 9.25. The summed E-state index contributed by atoms with van der Waals surface area (Å²) >= 11 is 0. The van der Waals surface area contributed by atoms with E-state index in [1.54, 1.807) is 6.07 Å². The lowest BCUT2D eigenvalue weighted by atomic mass is 9.94. The Morgan fingerprint density at radius 2 is 1.50 bits per heavy atom. The summed E-state index contributed by atoms with van der Waals surface area (Å²) in [6, 6.07) is 10.6. The third-order valence-corrected chi connectivity index (χ3v) is 4.98. The molecule has 0 saturated carbocycles. The predicted molar refractivity (Wildman–Crippen MR) is 112 cm³/mol. The quantitative estimate of drug-likeness (QED) is 0.301. The highest BCUT2D eigenvalue weighted by atomic mass is 19.2. The van der Waals surface area contributed by atoms with Gasteiger partial charge < -0.3 is 0 Å². The number of hydrogen-bond donors (Lipinski definition) is 0. The molecule has 164 valence electrons. The van der Waals surface area contributed by atoms with E-state index < -0.39 is 45.9 Å². The maximum Gasteiger partial charge on any atom is 0.268 e. The van der Waals surface area contributed by atoms with Crippen molar-refractivity contribution in [2.45, 2.75) is 6.92 Å². The topological polar surface area (TPSA) is 56.3 Å². The molecule has 9 heteroatoms. The van der Waals surface area contributed by atoms with Crippen LogP contribution in [0, 0.1) is 71.8 Å². The molecule has 0 fully saturated rings. The molecular formula is C25H9F5N4. The van der Waals surface area contributed by atoms with E-state index in [0.717, 1.165) is 12.1 Å². The lowest BCUT2D eigenvalue weighted by molar-refractivity contribution is 0.457. The van der Waals surface area contributed by atoms with E-state index in [9.17, 15) is 32.5 Å². The van der Waals surface area contributed by atoms with Crippen LogP contribution in [0.5, 0.6) is 0 Å². The summed E-state index contributed by atoms with van der Waals surface area (Å²) in [6.07, 6.45) is 0. The van der Waals surface area contributed by atoms with Crippen LogP contribution in [0.2, 0.25) is 0 Å². The second-order valence-electron chi connectivity index (χ2n) is 6.87. The van der Waals surface area contributed by atoms with Crippen LogP contribution in [-0.4, -0.2) is 0 Å². The normalized spacial score (nSPS) is 12.1. The smallest absolute Gasteiger partial charge is 0.232 e. The Balaban J connectivity index is 2.62. The van der Waals surface area contributed by atoms with Gasteiger partial charge in [0.25, 0.3) is 11.4 Å². The van der Waals surface area contributed by atoms with Crippen LogP contribution < -0.4 is 10.4 Å². The van der Waals surface area contributed by atoms with Crippen LogP contribution in [0.25, 0.3) is 32.1 Å². The Bertz CT molecular complexity index is 1620. The highest BCUT2D eigenvalue weighted by Gasteiger charge is 2.28. The molecule has 0 aliphatic heterocycles. The molecule has 3 rings (SSSR count). The monoisotopic (exact) mass is 460 g/mol. The van der Waals surface area contributed by atoms with Crippen molar-refractivity contribution in [3.63, 3.8) is 0 Å². The fourth-order valence-electron chi connectivity index (χ4n) is 3.25. The molecule has 0 amide bonds. The molecule has 0 N–H and O–H groups in total. The first-order valence-electron chi connectivity index (χ1n) is 9.26. The van der Waals surface area contributed by atoms with Crippen molar-refractivity contribution in [3.8, 4) is 23.3 Å². The summed E-state index contributed by atoms with van der Waals surface area (Å²) in [5.41, 5.74) is -3.69. The van der Waals surface area contributed by atoms with E-state index >= 15 is 0 Å². The van der Waals surface area contributed by atoms with Gasteiger partial charge in [-0.2, -0.15) is 5.26 Å². The number of aryl methyl sites for hydroxylation is 1. The Kier molecular flexibility index (Phi) is 6.44. The summed E-state index contributed by atoms with van der Waals surface area (Å²) < 4.78 is 72.3. The van der Waals surface area contributed by atoms with Crippen molar-refractivity contribution < 1.29 is 22.0 Å². The van der Waals surface area contributed by atoms with Gasteiger partial charge in [0.2, 0.25) is 0 Å². The Morgan fingerprint density at radius 1 is 0.853 bits per heavy atom. The van der Waals surface area contributed by atoms with Crippen molar-refractivity contribution >= 4 is 17.0 Å². The van der Waals surface area contributed by atoms with Crippen LogP contribution in [0.3, 0.4) is 0 Å². The maximum absolute atomic E-state index is 14.7. The average Bonchev–Trinajstić information content (AvgIpc) is 2.83. The third kappa shape index (κ3) is 3.84. The van der Waals surface area contributed by atoms with Gasteiger partial charge in [0.15, 0.2) is 23.3 Å². The molecule has 0 heterocycles. The summed E-state index contributed by atoms with van der Waals surface area (Å²) in [4.78, 5) is 5.53. The highest BCUT2D eigenvalue weighted by molar-refractivity contribution is 5.83. The Hall–Kier alpha value is -4.99. The van der Waals surface area contributed by atoms with E-state index in [0.29, 0.717) is 0 Å². The highest BCUT2D eigenvalue weighted by Crippen LogP contribution is 2.33. The number of hydrogen-bond acceptors (Lipinski definition) is 2.